The van der Waals surface area contributed by atoms with Gasteiger partial charge in [-0.05, 0) is 25.5 Å². The summed E-state index contributed by atoms with van der Waals surface area (Å²) in [6.07, 6.45) is 3.42. The Hall–Kier alpha value is -1.90. The Kier molecular flexibility index (Phi) is 5.32. The van der Waals surface area contributed by atoms with Crippen LogP contribution in [-0.4, -0.2) is 21.8 Å². The minimum atomic E-state index is -0.751. The van der Waals surface area contributed by atoms with Crippen molar-refractivity contribution in [3.63, 3.8) is 0 Å². The Labute approximate surface area is 129 Å². The first kappa shape index (κ1) is 15.5. The largest absolute Gasteiger partial charge is 0.293 e. The van der Waals surface area contributed by atoms with Crippen molar-refractivity contribution in [2.45, 2.75) is 30.6 Å². The molecule has 1 heterocycles. The van der Waals surface area contributed by atoms with Crippen molar-refractivity contribution >= 4 is 11.8 Å². The van der Waals surface area contributed by atoms with E-state index >= 15 is 0 Å². The molecule has 0 saturated carbocycles. The molecule has 0 aliphatic heterocycles. The average Bonchev–Trinajstić information content (AvgIpc) is 2.53. The van der Waals surface area contributed by atoms with Crippen LogP contribution in [0, 0.1) is 11.3 Å². The molecular formula is C16H18N4S. The smallest absolute Gasteiger partial charge is 0.187 e. The molecular weight excluding hydrogens is 280 g/mol. The summed E-state index contributed by atoms with van der Waals surface area (Å²) < 4.78 is 0. The third kappa shape index (κ3) is 4.03. The van der Waals surface area contributed by atoms with Crippen molar-refractivity contribution in [1.29, 1.82) is 5.26 Å². The van der Waals surface area contributed by atoms with Crippen LogP contribution in [-0.2, 0) is 5.54 Å². The van der Waals surface area contributed by atoms with E-state index in [2.05, 4.69) is 21.4 Å². The van der Waals surface area contributed by atoms with Crippen molar-refractivity contribution in [3.05, 3.63) is 54.4 Å². The van der Waals surface area contributed by atoms with Crippen LogP contribution in [0.4, 0.5) is 0 Å². The van der Waals surface area contributed by atoms with Gasteiger partial charge < -0.3 is 0 Å². The van der Waals surface area contributed by atoms with Crippen LogP contribution in [0.15, 0.2) is 53.9 Å². The van der Waals surface area contributed by atoms with Gasteiger partial charge in [-0.1, -0.05) is 42.1 Å². The van der Waals surface area contributed by atoms with E-state index in [-0.39, 0.29) is 6.04 Å². The van der Waals surface area contributed by atoms with Gasteiger partial charge in [0.2, 0.25) is 0 Å². The molecule has 2 rings (SSSR count). The van der Waals surface area contributed by atoms with Gasteiger partial charge >= 0.3 is 0 Å². The molecule has 1 atom stereocenters. The molecule has 5 heteroatoms. The highest BCUT2D eigenvalue weighted by molar-refractivity contribution is 7.99. The predicted molar refractivity (Wildman–Crippen MR) is 84.8 cm³/mol. The summed E-state index contributed by atoms with van der Waals surface area (Å²) in [5, 5.41) is 13.9. The number of nitriles is 1. The third-order valence-corrected chi connectivity index (χ3v) is 4.00. The highest BCUT2D eigenvalue weighted by Gasteiger charge is 2.33. The highest BCUT2D eigenvalue weighted by Crippen LogP contribution is 2.28. The Morgan fingerprint density at radius 1 is 1.19 bits per heavy atom. The van der Waals surface area contributed by atoms with Crippen LogP contribution in [0.25, 0.3) is 0 Å². The van der Waals surface area contributed by atoms with Gasteiger partial charge in [-0.25, -0.2) is 9.97 Å². The lowest BCUT2D eigenvalue weighted by Crippen LogP contribution is -2.47. The maximum absolute atomic E-state index is 9.79. The second-order valence-electron chi connectivity index (χ2n) is 5.00. The topological polar surface area (TPSA) is 61.6 Å². The van der Waals surface area contributed by atoms with E-state index in [0.29, 0.717) is 10.9 Å². The van der Waals surface area contributed by atoms with Crippen LogP contribution in [0.2, 0.25) is 0 Å². The minimum absolute atomic E-state index is 0.196. The molecule has 0 aliphatic carbocycles. The fourth-order valence-corrected chi connectivity index (χ4v) is 3.02. The first-order valence-electron chi connectivity index (χ1n) is 6.80. The summed E-state index contributed by atoms with van der Waals surface area (Å²) in [4.78, 5) is 8.41. The van der Waals surface area contributed by atoms with E-state index in [4.69, 9.17) is 0 Å². The number of rotatable bonds is 6. The lowest BCUT2D eigenvalue weighted by atomic mass is 9.92. The zero-order valence-electron chi connectivity index (χ0n) is 12.2. The molecule has 0 amide bonds. The van der Waals surface area contributed by atoms with Crippen molar-refractivity contribution in [3.8, 4) is 6.07 Å². The van der Waals surface area contributed by atoms with E-state index in [9.17, 15) is 5.26 Å². The van der Waals surface area contributed by atoms with Crippen molar-refractivity contribution in [1.82, 2.24) is 15.3 Å². The molecule has 0 spiro atoms. The number of benzene rings is 1. The number of nitrogens with one attached hydrogen (secondary N) is 1. The lowest BCUT2D eigenvalue weighted by Gasteiger charge is -2.30. The highest BCUT2D eigenvalue weighted by atomic mass is 32.2. The molecule has 0 radical (unpaired) electrons. The van der Waals surface area contributed by atoms with Gasteiger partial charge in [-0.2, -0.15) is 5.26 Å². The lowest BCUT2D eigenvalue weighted by molar-refractivity contribution is 0.425. The summed E-state index contributed by atoms with van der Waals surface area (Å²) in [5.74, 6) is 0.551. The SMILES string of the molecule is CC(C)NC(C#N)(CSc1ncccn1)c1ccccc1. The number of nitrogens with zero attached hydrogens (tertiary/aromatic N) is 3. The molecule has 21 heavy (non-hydrogen) atoms. The fraction of sp³-hybridized carbons (Fsp3) is 0.312. The van der Waals surface area contributed by atoms with Crippen molar-refractivity contribution in [2.24, 2.45) is 0 Å². The van der Waals surface area contributed by atoms with Crippen LogP contribution in [0.5, 0.6) is 0 Å². The molecule has 0 fully saturated rings. The predicted octanol–water partition coefficient (Wildman–Crippen LogP) is 2.99. The Bertz CT molecular complexity index is 595. The molecule has 1 N–H and O–H groups in total. The maximum Gasteiger partial charge on any atom is 0.187 e. The summed E-state index contributed by atoms with van der Waals surface area (Å²) in [5.41, 5.74) is 0.212. The van der Waals surface area contributed by atoms with Crippen LogP contribution in [0.3, 0.4) is 0 Å². The quantitative estimate of drug-likeness (QED) is 0.656. The molecule has 1 unspecified atom stereocenters. The van der Waals surface area contributed by atoms with Crippen molar-refractivity contribution in [2.75, 3.05) is 5.75 Å². The van der Waals surface area contributed by atoms with Gasteiger partial charge in [0.15, 0.2) is 5.16 Å². The average molecular weight is 298 g/mol. The molecule has 2 aromatic rings. The van der Waals surface area contributed by atoms with Gasteiger partial charge in [0.05, 0.1) is 6.07 Å². The maximum atomic E-state index is 9.79. The number of thioether (sulfide) groups is 1. The molecule has 4 nitrogen and oxygen atoms in total. The summed E-state index contributed by atoms with van der Waals surface area (Å²) in [7, 11) is 0. The Morgan fingerprint density at radius 3 is 2.43 bits per heavy atom. The second-order valence-corrected chi connectivity index (χ2v) is 5.94. The number of aromatic nitrogens is 2. The minimum Gasteiger partial charge on any atom is -0.293 e. The van der Waals surface area contributed by atoms with E-state index in [1.807, 2.05) is 44.2 Å². The van der Waals surface area contributed by atoms with Gasteiger partial charge in [0, 0.05) is 24.2 Å². The van der Waals surface area contributed by atoms with E-state index < -0.39 is 5.54 Å². The number of hydrogen-bond donors (Lipinski definition) is 1. The first-order valence-corrected chi connectivity index (χ1v) is 7.79. The molecule has 0 aliphatic rings. The molecule has 1 aromatic heterocycles. The molecule has 0 bridgehead atoms. The van der Waals surface area contributed by atoms with E-state index in [1.54, 1.807) is 18.5 Å². The van der Waals surface area contributed by atoms with Gasteiger partial charge in [-0.15, -0.1) is 0 Å². The summed E-state index contributed by atoms with van der Waals surface area (Å²) in [6, 6.07) is 14.2. The first-order chi connectivity index (χ1) is 10.2. The van der Waals surface area contributed by atoms with Crippen LogP contribution >= 0.6 is 11.8 Å². The molecule has 0 saturated heterocycles. The summed E-state index contributed by atoms with van der Waals surface area (Å²) >= 11 is 1.48. The zero-order valence-corrected chi connectivity index (χ0v) is 13.0. The second kappa shape index (κ2) is 7.21. The normalized spacial score (nSPS) is 13.6. The monoisotopic (exact) mass is 298 g/mol. The third-order valence-electron chi connectivity index (χ3n) is 2.95. The molecule has 108 valence electrons. The zero-order chi connectivity index (χ0) is 15.1. The number of hydrogen-bond acceptors (Lipinski definition) is 5. The Balaban J connectivity index is 2.26. The standard InChI is InChI=1S/C16H18N4S/c1-13(2)20-16(11-17,14-7-4-3-5-8-14)12-21-15-18-9-6-10-19-15/h3-10,13,20H,12H2,1-2H3. The fourth-order valence-electron chi connectivity index (χ4n) is 2.09. The van der Waals surface area contributed by atoms with Gasteiger partial charge in [0.25, 0.3) is 0 Å². The summed E-state index contributed by atoms with van der Waals surface area (Å²) in [6.45, 7) is 4.08. The van der Waals surface area contributed by atoms with Gasteiger partial charge in [0.1, 0.15) is 5.54 Å². The van der Waals surface area contributed by atoms with Crippen LogP contribution < -0.4 is 5.32 Å². The van der Waals surface area contributed by atoms with Gasteiger partial charge in [-0.3, -0.25) is 5.32 Å². The van der Waals surface area contributed by atoms with E-state index in [0.717, 1.165) is 5.56 Å². The molecule has 1 aromatic carbocycles. The van der Waals surface area contributed by atoms with Crippen molar-refractivity contribution < 1.29 is 0 Å². The van der Waals surface area contributed by atoms with Crippen LogP contribution in [0.1, 0.15) is 19.4 Å². The Morgan fingerprint density at radius 2 is 1.86 bits per heavy atom. The van der Waals surface area contributed by atoms with E-state index in [1.165, 1.54) is 11.8 Å².